The summed E-state index contributed by atoms with van der Waals surface area (Å²) >= 11 is 3.25. The average molecular weight is 360 g/mol. The summed E-state index contributed by atoms with van der Waals surface area (Å²) in [6, 6.07) is 5.49. The molecule has 0 aliphatic rings. The van der Waals surface area contributed by atoms with E-state index in [-0.39, 0.29) is 6.61 Å². The number of hydrogen-bond acceptors (Lipinski definition) is 5. The highest BCUT2D eigenvalue weighted by atomic mass is 79.9. The number of halogens is 1. The zero-order valence-electron chi connectivity index (χ0n) is 11.2. The lowest BCUT2D eigenvalue weighted by Gasteiger charge is -2.13. The van der Waals surface area contributed by atoms with E-state index in [2.05, 4.69) is 26.0 Å². The summed E-state index contributed by atoms with van der Waals surface area (Å²) in [4.78, 5) is 33.6. The van der Waals surface area contributed by atoms with Crippen LogP contribution in [0.1, 0.15) is 6.42 Å². The summed E-state index contributed by atoms with van der Waals surface area (Å²) < 4.78 is 10.4. The van der Waals surface area contributed by atoms with E-state index in [1.54, 1.807) is 24.3 Å². The number of carboxylic acid groups (broad SMARTS) is 1. The molecule has 0 aliphatic carbocycles. The fourth-order valence-corrected chi connectivity index (χ4v) is 1.77. The highest BCUT2D eigenvalue weighted by molar-refractivity contribution is 9.10. The number of amides is 1. The normalized spacial score (nSPS) is 11.3. The SMILES string of the molecule is COC(=O)C[C@H](NC(=O)COc1cccc(Br)c1)C(=O)O. The fraction of sp³-hybridized carbons (Fsp3) is 0.308. The monoisotopic (exact) mass is 359 g/mol. The molecule has 0 unspecified atom stereocenters. The molecule has 1 aromatic rings. The number of nitrogens with one attached hydrogen (secondary N) is 1. The van der Waals surface area contributed by atoms with E-state index in [4.69, 9.17) is 9.84 Å². The van der Waals surface area contributed by atoms with Crippen LogP contribution < -0.4 is 10.1 Å². The van der Waals surface area contributed by atoms with Gasteiger partial charge in [-0.2, -0.15) is 0 Å². The first-order valence-electron chi connectivity index (χ1n) is 5.89. The van der Waals surface area contributed by atoms with Crippen molar-refractivity contribution in [2.45, 2.75) is 12.5 Å². The lowest BCUT2D eigenvalue weighted by atomic mass is 10.2. The molecule has 1 amide bonds. The van der Waals surface area contributed by atoms with Gasteiger partial charge in [0.15, 0.2) is 6.61 Å². The van der Waals surface area contributed by atoms with Crippen molar-refractivity contribution >= 4 is 33.8 Å². The van der Waals surface area contributed by atoms with Gasteiger partial charge in [0.2, 0.25) is 0 Å². The maximum atomic E-state index is 11.6. The molecule has 0 aliphatic heterocycles. The minimum absolute atomic E-state index is 0.360. The van der Waals surface area contributed by atoms with Gasteiger partial charge < -0.3 is 19.9 Å². The Hall–Kier alpha value is -2.09. The summed E-state index contributed by atoms with van der Waals surface area (Å²) in [7, 11) is 1.14. The van der Waals surface area contributed by atoms with Crippen molar-refractivity contribution in [1.29, 1.82) is 0 Å². The van der Waals surface area contributed by atoms with Crippen molar-refractivity contribution in [3.8, 4) is 5.75 Å². The van der Waals surface area contributed by atoms with Gasteiger partial charge in [-0.3, -0.25) is 9.59 Å². The van der Waals surface area contributed by atoms with E-state index in [1.165, 1.54) is 0 Å². The van der Waals surface area contributed by atoms with E-state index in [0.717, 1.165) is 11.6 Å². The average Bonchev–Trinajstić information content (AvgIpc) is 2.44. The van der Waals surface area contributed by atoms with Crippen molar-refractivity contribution in [2.75, 3.05) is 13.7 Å². The van der Waals surface area contributed by atoms with Crippen LogP contribution in [0.25, 0.3) is 0 Å². The quantitative estimate of drug-likeness (QED) is 0.703. The lowest BCUT2D eigenvalue weighted by molar-refractivity contribution is -0.148. The molecule has 1 aromatic carbocycles. The van der Waals surface area contributed by atoms with Crippen LogP contribution >= 0.6 is 15.9 Å². The van der Waals surface area contributed by atoms with Crippen molar-refractivity contribution in [3.63, 3.8) is 0 Å². The minimum atomic E-state index is -1.35. The molecule has 0 radical (unpaired) electrons. The third kappa shape index (κ3) is 6.26. The van der Waals surface area contributed by atoms with Crippen molar-refractivity contribution in [2.24, 2.45) is 0 Å². The molecule has 0 spiro atoms. The summed E-state index contributed by atoms with van der Waals surface area (Å²) in [5.74, 6) is -2.24. The van der Waals surface area contributed by atoms with E-state index >= 15 is 0 Å². The predicted octanol–water partition coefficient (Wildman–Crippen LogP) is 0.960. The molecule has 2 N–H and O–H groups in total. The first-order chi connectivity index (χ1) is 9.92. The number of ether oxygens (including phenoxy) is 2. The second kappa shape index (κ2) is 8.25. The van der Waals surface area contributed by atoms with Crippen LogP contribution in [0.3, 0.4) is 0 Å². The Morgan fingerprint density at radius 3 is 2.67 bits per heavy atom. The smallest absolute Gasteiger partial charge is 0.326 e. The molecule has 0 heterocycles. The van der Waals surface area contributed by atoms with Crippen LogP contribution in [0, 0.1) is 0 Å². The molecule has 114 valence electrons. The lowest BCUT2D eigenvalue weighted by Crippen LogP contribution is -2.44. The number of carboxylic acids is 1. The summed E-state index contributed by atoms with van der Waals surface area (Å²) in [5, 5.41) is 11.1. The van der Waals surface area contributed by atoms with Crippen LogP contribution in [0.2, 0.25) is 0 Å². The fourth-order valence-electron chi connectivity index (χ4n) is 1.39. The Bertz CT molecular complexity index is 533. The largest absolute Gasteiger partial charge is 0.484 e. The van der Waals surface area contributed by atoms with Gasteiger partial charge in [-0.05, 0) is 18.2 Å². The van der Waals surface area contributed by atoms with Gasteiger partial charge >= 0.3 is 11.9 Å². The third-order valence-electron chi connectivity index (χ3n) is 2.40. The van der Waals surface area contributed by atoms with E-state index < -0.39 is 30.3 Å². The summed E-state index contributed by atoms with van der Waals surface area (Å²) in [6.07, 6.45) is -0.450. The molecular weight excluding hydrogens is 346 g/mol. The van der Waals surface area contributed by atoms with Crippen LogP contribution in [0.4, 0.5) is 0 Å². The molecule has 8 heteroatoms. The van der Waals surface area contributed by atoms with E-state index in [1.807, 2.05) is 0 Å². The maximum absolute atomic E-state index is 11.6. The minimum Gasteiger partial charge on any atom is -0.484 e. The summed E-state index contributed by atoms with van der Waals surface area (Å²) in [5.41, 5.74) is 0. The predicted molar refractivity (Wildman–Crippen MR) is 75.8 cm³/mol. The van der Waals surface area contributed by atoms with E-state index in [9.17, 15) is 14.4 Å². The van der Waals surface area contributed by atoms with Gasteiger partial charge in [-0.25, -0.2) is 4.79 Å². The molecular formula is C13H14BrNO6. The Labute approximate surface area is 129 Å². The molecule has 0 aromatic heterocycles. The van der Waals surface area contributed by atoms with Crippen LogP contribution in [0.15, 0.2) is 28.7 Å². The van der Waals surface area contributed by atoms with Gasteiger partial charge in [0.1, 0.15) is 11.8 Å². The highest BCUT2D eigenvalue weighted by Crippen LogP contribution is 2.17. The Balaban J connectivity index is 2.50. The molecule has 0 bridgehead atoms. The molecule has 1 rings (SSSR count). The van der Waals surface area contributed by atoms with Crippen LogP contribution in [-0.2, 0) is 19.1 Å². The second-order valence-electron chi connectivity index (χ2n) is 3.98. The molecule has 0 saturated carbocycles. The number of carbonyl (C=O) groups is 3. The molecule has 0 fully saturated rings. The van der Waals surface area contributed by atoms with Gasteiger partial charge in [0, 0.05) is 4.47 Å². The van der Waals surface area contributed by atoms with Gasteiger partial charge in [0.25, 0.3) is 5.91 Å². The first-order valence-corrected chi connectivity index (χ1v) is 6.69. The molecule has 21 heavy (non-hydrogen) atoms. The number of esters is 1. The number of methoxy groups -OCH3 is 1. The Kier molecular flexibility index (Phi) is 6.67. The number of aliphatic carboxylic acids is 1. The number of benzene rings is 1. The Morgan fingerprint density at radius 2 is 2.10 bits per heavy atom. The van der Waals surface area contributed by atoms with Gasteiger partial charge in [-0.15, -0.1) is 0 Å². The van der Waals surface area contributed by atoms with E-state index in [0.29, 0.717) is 5.75 Å². The van der Waals surface area contributed by atoms with Crippen molar-refractivity contribution < 1.29 is 29.0 Å². The topological polar surface area (TPSA) is 102 Å². The highest BCUT2D eigenvalue weighted by Gasteiger charge is 2.23. The Morgan fingerprint density at radius 1 is 1.38 bits per heavy atom. The molecule has 1 atom stereocenters. The number of rotatable bonds is 7. The number of hydrogen-bond donors (Lipinski definition) is 2. The van der Waals surface area contributed by atoms with Crippen LogP contribution in [-0.4, -0.2) is 42.7 Å². The third-order valence-corrected chi connectivity index (χ3v) is 2.89. The standard InChI is InChI=1S/C13H14BrNO6/c1-20-12(17)6-10(13(18)19)15-11(16)7-21-9-4-2-3-8(14)5-9/h2-5,10H,6-7H2,1H3,(H,15,16)(H,18,19)/t10-/m0/s1. The zero-order chi connectivity index (χ0) is 15.8. The first kappa shape index (κ1) is 17.0. The summed E-state index contributed by atoms with van der Waals surface area (Å²) in [6.45, 7) is -0.360. The number of carbonyl (C=O) groups excluding carboxylic acids is 2. The maximum Gasteiger partial charge on any atom is 0.326 e. The zero-order valence-corrected chi connectivity index (χ0v) is 12.8. The molecule has 7 nitrogen and oxygen atoms in total. The van der Waals surface area contributed by atoms with Crippen molar-refractivity contribution in [1.82, 2.24) is 5.32 Å². The van der Waals surface area contributed by atoms with Crippen LogP contribution in [0.5, 0.6) is 5.75 Å². The second-order valence-corrected chi connectivity index (χ2v) is 4.90. The van der Waals surface area contributed by atoms with Crippen molar-refractivity contribution in [3.05, 3.63) is 28.7 Å². The molecule has 0 saturated heterocycles. The van der Waals surface area contributed by atoms with Gasteiger partial charge in [0.05, 0.1) is 13.5 Å². The van der Waals surface area contributed by atoms with Gasteiger partial charge in [-0.1, -0.05) is 22.0 Å².